The summed E-state index contributed by atoms with van der Waals surface area (Å²) in [6, 6.07) is 6.70. The van der Waals surface area contributed by atoms with Gasteiger partial charge >= 0.3 is 0 Å². The van der Waals surface area contributed by atoms with Gasteiger partial charge in [0.15, 0.2) is 0 Å². The van der Waals surface area contributed by atoms with E-state index in [1.54, 1.807) is 6.26 Å². The van der Waals surface area contributed by atoms with Crippen molar-refractivity contribution in [2.24, 2.45) is 0 Å². The molecule has 0 aliphatic heterocycles. The topological polar surface area (TPSA) is 27.7 Å². The van der Waals surface area contributed by atoms with Gasteiger partial charge in [0.05, 0.1) is 0 Å². The zero-order valence-corrected chi connectivity index (χ0v) is 24.7. The quantitative estimate of drug-likeness (QED) is 0.0712. The zero-order valence-electron chi connectivity index (χ0n) is 21.7. The van der Waals surface area contributed by atoms with Crippen molar-refractivity contribution in [3.63, 3.8) is 0 Å². The largest absolute Gasteiger partial charge is 0.543 e. The fourth-order valence-electron chi connectivity index (χ4n) is 4.18. The van der Waals surface area contributed by atoms with Gasteiger partial charge in [-0.3, -0.25) is 0 Å². The molecule has 6 heteroatoms. The average molecular weight is 527 g/mol. The lowest BCUT2D eigenvalue weighted by Gasteiger charge is -2.36. The second-order valence-electron chi connectivity index (χ2n) is 8.74. The Labute approximate surface area is 218 Å². The second-order valence-corrected chi connectivity index (χ2v) is 20.2. The molecule has 0 atom stereocenters. The summed E-state index contributed by atoms with van der Waals surface area (Å²) >= 11 is 0. The Morgan fingerprint density at radius 3 is 0.857 bits per heavy atom. The summed E-state index contributed by atoms with van der Waals surface area (Å²) in [6.45, 7) is 35.7. The zero-order chi connectivity index (χ0) is 26.6. The van der Waals surface area contributed by atoms with Crippen LogP contribution in [0.4, 0.5) is 0 Å². The van der Waals surface area contributed by atoms with E-state index in [-0.39, 0.29) is 0 Å². The van der Waals surface area contributed by atoms with Crippen LogP contribution < -0.4 is 0 Å². The molecular weight excluding hydrogens is 481 g/mol. The number of hydrogen-bond donors (Lipinski definition) is 0. The van der Waals surface area contributed by atoms with Crippen LogP contribution in [0.2, 0.25) is 54.4 Å². The highest BCUT2D eigenvalue weighted by Crippen LogP contribution is 2.34. The predicted octanol–water partition coefficient (Wildman–Crippen LogP) is 9.35. The Morgan fingerprint density at radius 1 is 0.400 bits per heavy atom. The maximum absolute atomic E-state index is 6.80. The Morgan fingerprint density at radius 2 is 0.629 bits per heavy atom. The van der Waals surface area contributed by atoms with Crippen molar-refractivity contribution >= 4 is 25.0 Å². The molecule has 0 bridgehead atoms. The van der Waals surface area contributed by atoms with Crippen LogP contribution in [-0.2, 0) is 13.3 Å². The molecule has 0 rings (SSSR count). The maximum Gasteiger partial charge on any atom is 0.286 e. The SMILES string of the molecule is C=CC[Si](CC=C)(CC=C)OC=C(O[Si](CC=C)(CC=C)CC=C)O[Si](CC=C)(CC=C)CC=C. The molecule has 0 aromatic heterocycles. The van der Waals surface area contributed by atoms with Crippen LogP contribution in [0.25, 0.3) is 0 Å². The summed E-state index contributed by atoms with van der Waals surface area (Å²) in [5.74, 6) is 0.411. The van der Waals surface area contributed by atoms with Gasteiger partial charge in [0.2, 0.25) is 0 Å². The maximum atomic E-state index is 6.80. The lowest BCUT2D eigenvalue weighted by atomic mass is 10.7. The fourth-order valence-corrected chi connectivity index (χ4v) is 12.7. The van der Waals surface area contributed by atoms with E-state index in [0.29, 0.717) is 5.95 Å². The second kappa shape index (κ2) is 17.8. The van der Waals surface area contributed by atoms with E-state index in [1.165, 1.54) is 0 Å². The standard InChI is InChI=1S/C29H46O3Si3/c1-10-19-33(20-11-2,21-12-3)30-28-29(31-34(22-13-4,23-14-5)24-15-6)32-35(25-16-7,26-17-8)27-18-9/h10-18,28H,1-9,19-27H2. The highest BCUT2D eigenvalue weighted by molar-refractivity contribution is 6.77. The van der Waals surface area contributed by atoms with Gasteiger partial charge in [-0.15, -0.1) is 59.2 Å². The molecule has 0 aliphatic carbocycles. The summed E-state index contributed by atoms with van der Waals surface area (Å²) in [6.07, 6.45) is 18.9. The summed E-state index contributed by atoms with van der Waals surface area (Å²) in [7, 11) is -7.11. The normalized spacial score (nSPS) is 11.2. The van der Waals surface area contributed by atoms with Gasteiger partial charge in [0, 0.05) is 0 Å². The third-order valence-electron chi connectivity index (χ3n) is 5.69. The Hall–Kier alpha value is -2.55. The van der Waals surface area contributed by atoms with Crippen LogP contribution in [0.15, 0.2) is 126 Å². The van der Waals surface area contributed by atoms with Crippen molar-refractivity contribution in [1.82, 2.24) is 0 Å². The minimum Gasteiger partial charge on any atom is -0.543 e. The molecule has 0 aliphatic rings. The molecule has 0 unspecified atom stereocenters. The van der Waals surface area contributed by atoms with Crippen molar-refractivity contribution in [2.75, 3.05) is 0 Å². The van der Waals surface area contributed by atoms with Gasteiger partial charge in [-0.2, -0.15) is 0 Å². The summed E-state index contributed by atoms with van der Waals surface area (Å²) < 4.78 is 20.2. The van der Waals surface area contributed by atoms with Crippen molar-refractivity contribution in [3.05, 3.63) is 126 Å². The third-order valence-corrected chi connectivity index (χ3v) is 16.9. The summed E-state index contributed by atoms with van der Waals surface area (Å²) in [4.78, 5) is 0. The molecule has 0 saturated heterocycles. The number of allylic oxidation sites excluding steroid dienone is 9. The smallest absolute Gasteiger partial charge is 0.286 e. The first-order valence-corrected chi connectivity index (χ1v) is 19.7. The third kappa shape index (κ3) is 11.2. The molecule has 0 radical (unpaired) electrons. The first-order chi connectivity index (χ1) is 16.8. The molecule has 0 aromatic carbocycles. The van der Waals surface area contributed by atoms with Gasteiger partial charge in [0.1, 0.15) is 6.26 Å². The van der Waals surface area contributed by atoms with E-state index >= 15 is 0 Å². The van der Waals surface area contributed by atoms with Crippen LogP contribution in [0.3, 0.4) is 0 Å². The molecule has 0 N–H and O–H groups in total. The van der Waals surface area contributed by atoms with Gasteiger partial charge in [-0.25, -0.2) is 0 Å². The van der Waals surface area contributed by atoms with E-state index in [1.807, 2.05) is 54.7 Å². The van der Waals surface area contributed by atoms with Crippen LogP contribution in [0, 0.1) is 0 Å². The van der Waals surface area contributed by atoms with Crippen LogP contribution >= 0.6 is 0 Å². The Bertz CT molecular complexity index is 660. The monoisotopic (exact) mass is 526 g/mol. The Balaban J connectivity index is 6.71. The van der Waals surface area contributed by atoms with Crippen molar-refractivity contribution in [1.29, 1.82) is 0 Å². The van der Waals surface area contributed by atoms with E-state index in [9.17, 15) is 0 Å². The lowest BCUT2D eigenvalue weighted by Crippen LogP contribution is -2.42. The highest BCUT2D eigenvalue weighted by Gasteiger charge is 2.40. The molecule has 3 nitrogen and oxygen atoms in total. The van der Waals surface area contributed by atoms with E-state index in [2.05, 4.69) is 59.2 Å². The molecule has 0 spiro atoms. The Kier molecular flexibility index (Phi) is 16.5. The van der Waals surface area contributed by atoms with Gasteiger partial charge < -0.3 is 13.3 Å². The first kappa shape index (κ1) is 32.5. The molecule has 35 heavy (non-hydrogen) atoms. The van der Waals surface area contributed by atoms with Crippen molar-refractivity contribution in [3.8, 4) is 0 Å². The van der Waals surface area contributed by atoms with Gasteiger partial charge in [-0.05, 0) is 54.4 Å². The summed E-state index contributed by atoms with van der Waals surface area (Å²) in [5, 5.41) is 0. The van der Waals surface area contributed by atoms with E-state index < -0.39 is 25.0 Å². The molecule has 0 amide bonds. The molecule has 0 fully saturated rings. The predicted molar refractivity (Wildman–Crippen MR) is 164 cm³/mol. The van der Waals surface area contributed by atoms with Gasteiger partial charge in [0.25, 0.3) is 30.9 Å². The van der Waals surface area contributed by atoms with Crippen LogP contribution in [-0.4, -0.2) is 25.0 Å². The minimum absolute atomic E-state index is 0.411. The number of rotatable bonds is 24. The molecule has 0 aromatic rings. The fraction of sp³-hybridized carbons (Fsp3) is 0.310. The van der Waals surface area contributed by atoms with E-state index in [0.717, 1.165) is 54.4 Å². The first-order valence-electron chi connectivity index (χ1n) is 12.1. The van der Waals surface area contributed by atoms with Gasteiger partial charge in [-0.1, -0.05) is 54.7 Å². The van der Waals surface area contributed by atoms with E-state index in [4.69, 9.17) is 13.3 Å². The molecule has 192 valence electrons. The molecule has 0 saturated carbocycles. The van der Waals surface area contributed by atoms with Crippen LogP contribution in [0.1, 0.15) is 0 Å². The van der Waals surface area contributed by atoms with Crippen LogP contribution in [0.5, 0.6) is 0 Å². The highest BCUT2D eigenvalue weighted by atomic mass is 28.4. The lowest BCUT2D eigenvalue weighted by molar-refractivity contribution is 0.191. The van der Waals surface area contributed by atoms with Crippen molar-refractivity contribution in [2.45, 2.75) is 54.4 Å². The molecular formula is C29H46O3Si3. The molecule has 0 heterocycles. The summed E-state index contributed by atoms with van der Waals surface area (Å²) in [5.41, 5.74) is 0. The van der Waals surface area contributed by atoms with Crippen molar-refractivity contribution < 1.29 is 13.3 Å². The number of hydrogen-bond acceptors (Lipinski definition) is 3. The average Bonchev–Trinajstić information content (AvgIpc) is 2.79. The minimum atomic E-state index is -2.41.